The molecule has 0 amide bonds. The topological polar surface area (TPSA) is 44.1 Å². The predicted molar refractivity (Wildman–Crippen MR) is 62.1 cm³/mol. The maximum absolute atomic E-state index is 11.3. The summed E-state index contributed by atoms with van der Waals surface area (Å²) in [4.78, 5) is 15.5. The van der Waals surface area contributed by atoms with Gasteiger partial charge in [-0.05, 0) is 20.3 Å². The third kappa shape index (κ3) is 2.72. The smallest absolute Gasteiger partial charge is 0.333 e. The van der Waals surface area contributed by atoms with Crippen molar-refractivity contribution in [3.05, 3.63) is 29.4 Å². The van der Waals surface area contributed by atoms with E-state index in [0.29, 0.717) is 18.5 Å². The number of aryl methyl sites for hydroxylation is 1. The molecule has 0 saturated carbocycles. The second-order valence-corrected chi connectivity index (χ2v) is 3.64. The first-order valence-corrected chi connectivity index (χ1v) is 5.35. The Labute approximate surface area is 95.9 Å². The fourth-order valence-electron chi connectivity index (χ4n) is 1.44. The van der Waals surface area contributed by atoms with Gasteiger partial charge in [0, 0.05) is 17.8 Å². The van der Waals surface area contributed by atoms with Crippen molar-refractivity contribution in [2.75, 3.05) is 7.11 Å². The summed E-state index contributed by atoms with van der Waals surface area (Å²) in [5.41, 5.74) is 2.84. The molecule has 0 aliphatic rings. The molecular weight excluding hydrogens is 204 g/mol. The minimum Gasteiger partial charge on any atom is -0.466 e. The van der Waals surface area contributed by atoms with Gasteiger partial charge in [0.15, 0.2) is 0 Å². The Kier molecular flexibility index (Phi) is 4.28. The Morgan fingerprint density at radius 3 is 2.69 bits per heavy atom. The number of imidazole rings is 1. The summed E-state index contributed by atoms with van der Waals surface area (Å²) in [6.45, 7) is 6.58. The molecule has 1 aromatic rings. The molecule has 0 aromatic carbocycles. The normalized spacial score (nSPS) is 11.6. The number of hydrogen-bond acceptors (Lipinski definition) is 3. The number of hydrogen-bond donors (Lipinski definition) is 0. The summed E-state index contributed by atoms with van der Waals surface area (Å²) in [7, 11) is 1.40. The first-order valence-electron chi connectivity index (χ1n) is 5.35. The Hall–Kier alpha value is -1.58. The predicted octanol–water partition coefficient (Wildman–Crippen LogP) is 2.01. The molecule has 1 heterocycles. The fraction of sp³-hybridized carbons (Fsp3) is 0.500. The van der Waals surface area contributed by atoms with Crippen LogP contribution in [0.5, 0.6) is 0 Å². The maximum atomic E-state index is 11.3. The quantitative estimate of drug-likeness (QED) is 0.578. The van der Waals surface area contributed by atoms with Crippen molar-refractivity contribution in [3.8, 4) is 0 Å². The zero-order valence-electron chi connectivity index (χ0n) is 10.3. The molecule has 0 aliphatic carbocycles. The van der Waals surface area contributed by atoms with Crippen molar-refractivity contribution in [3.63, 3.8) is 0 Å². The van der Waals surface area contributed by atoms with Gasteiger partial charge in [-0.25, -0.2) is 9.78 Å². The molecule has 88 valence electrons. The van der Waals surface area contributed by atoms with Gasteiger partial charge < -0.3 is 9.30 Å². The van der Waals surface area contributed by atoms with Crippen LogP contribution in [0, 0.1) is 13.8 Å². The molecule has 4 nitrogen and oxygen atoms in total. The van der Waals surface area contributed by atoms with Crippen LogP contribution in [-0.4, -0.2) is 22.6 Å². The summed E-state index contributed by atoms with van der Waals surface area (Å²) in [6.07, 6.45) is 4.35. The van der Waals surface area contributed by atoms with Crippen LogP contribution in [0.15, 0.2) is 18.0 Å². The molecule has 0 radical (unpaired) electrons. The van der Waals surface area contributed by atoms with Gasteiger partial charge in [0.25, 0.3) is 0 Å². The minimum atomic E-state index is -0.253. The second kappa shape index (κ2) is 5.49. The number of rotatable bonds is 4. The highest BCUT2D eigenvalue weighted by molar-refractivity contribution is 5.88. The molecule has 0 fully saturated rings. The van der Waals surface area contributed by atoms with Crippen LogP contribution < -0.4 is 0 Å². The monoisotopic (exact) mass is 222 g/mol. The highest BCUT2D eigenvalue weighted by atomic mass is 16.5. The number of aromatic nitrogens is 2. The van der Waals surface area contributed by atoms with E-state index in [1.54, 1.807) is 6.33 Å². The van der Waals surface area contributed by atoms with E-state index in [9.17, 15) is 4.79 Å². The van der Waals surface area contributed by atoms with Crippen LogP contribution in [0.3, 0.4) is 0 Å². The van der Waals surface area contributed by atoms with Gasteiger partial charge in [0.05, 0.1) is 19.1 Å². The van der Waals surface area contributed by atoms with Crippen LogP contribution in [-0.2, 0) is 16.1 Å². The van der Waals surface area contributed by atoms with Crippen molar-refractivity contribution in [1.82, 2.24) is 9.55 Å². The number of carbonyl (C=O) groups excluding carboxylic acids is 1. The Morgan fingerprint density at radius 1 is 1.56 bits per heavy atom. The number of ether oxygens (including phenoxy) is 1. The summed E-state index contributed by atoms with van der Waals surface area (Å²) >= 11 is 0. The first-order chi connectivity index (χ1) is 7.60. The SMILES string of the molecule is CCC(=CCn1cnc(C)c1C)C(=O)OC. The molecule has 0 aliphatic heterocycles. The Balaban J connectivity index is 2.78. The van der Waals surface area contributed by atoms with Gasteiger partial charge in [-0.3, -0.25) is 0 Å². The molecular formula is C12H18N2O2. The number of carbonyl (C=O) groups is 1. The highest BCUT2D eigenvalue weighted by Crippen LogP contribution is 2.07. The van der Waals surface area contributed by atoms with Gasteiger partial charge >= 0.3 is 5.97 Å². The van der Waals surface area contributed by atoms with Gasteiger partial charge in [0.1, 0.15) is 0 Å². The molecule has 4 heteroatoms. The van der Waals surface area contributed by atoms with Crippen molar-refractivity contribution >= 4 is 5.97 Å². The molecule has 0 N–H and O–H groups in total. The first kappa shape index (κ1) is 12.5. The van der Waals surface area contributed by atoms with E-state index in [1.165, 1.54) is 7.11 Å². The summed E-state index contributed by atoms with van der Waals surface area (Å²) in [6, 6.07) is 0. The average molecular weight is 222 g/mol. The molecule has 0 unspecified atom stereocenters. The van der Waals surface area contributed by atoms with Crippen LogP contribution in [0.4, 0.5) is 0 Å². The molecule has 1 rings (SSSR count). The third-order valence-electron chi connectivity index (χ3n) is 2.71. The Bertz CT molecular complexity index is 405. The maximum Gasteiger partial charge on any atom is 0.333 e. The van der Waals surface area contributed by atoms with E-state index < -0.39 is 0 Å². The summed E-state index contributed by atoms with van der Waals surface area (Å²) < 4.78 is 6.70. The van der Waals surface area contributed by atoms with Crippen molar-refractivity contribution in [1.29, 1.82) is 0 Å². The molecule has 0 atom stereocenters. The Morgan fingerprint density at radius 2 is 2.25 bits per heavy atom. The van der Waals surface area contributed by atoms with Crippen LogP contribution in [0.2, 0.25) is 0 Å². The van der Waals surface area contributed by atoms with Gasteiger partial charge in [-0.1, -0.05) is 13.0 Å². The number of esters is 1. The summed E-state index contributed by atoms with van der Waals surface area (Å²) in [5.74, 6) is -0.253. The minimum absolute atomic E-state index is 0.253. The highest BCUT2D eigenvalue weighted by Gasteiger charge is 2.07. The largest absolute Gasteiger partial charge is 0.466 e. The molecule has 0 spiro atoms. The zero-order valence-corrected chi connectivity index (χ0v) is 10.3. The molecule has 0 saturated heterocycles. The van der Waals surface area contributed by atoms with Crippen molar-refractivity contribution in [2.24, 2.45) is 0 Å². The van der Waals surface area contributed by atoms with Crippen molar-refractivity contribution < 1.29 is 9.53 Å². The molecule has 0 bridgehead atoms. The van der Waals surface area contributed by atoms with E-state index in [1.807, 2.05) is 31.4 Å². The van der Waals surface area contributed by atoms with Crippen LogP contribution >= 0.6 is 0 Å². The molecule has 1 aromatic heterocycles. The van der Waals surface area contributed by atoms with E-state index in [4.69, 9.17) is 4.74 Å². The van der Waals surface area contributed by atoms with Gasteiger partial charge in [-0.2, -0.15) is 0 Å². The molecule has 16 heavy (non-hydrogen) atoms. The van der Waals surface area contributed by atoms with E-state index >= 15 is 0 Å². The zero-order chi connectivity index (χ0) is 12.1. The second-order valence-electron chi connectivity index (χ2n) is 3.64. The lowest BCUT2D eigenvalue weighted by molar-refractivity contribution is -0.136. The lowest BCUT2D eigenvalue weighted by Crippen LogP contribution is -2.06. The number of methoxy groups -OCH3 is 1. The standard InChI is InChI=1S/C12H18N2O2/c1-5-11(12(15)16-4)6-7-14-8-13-9(2)10(14)3/h6,8H,5,7H2,1-4H3. The van der Waals surface area contributed by atoms with Gasteiger partial charge in [-0.15, -0.1) is 0 Å². The van der Waals surface area contributed by atoms with Crippen molar-refractivity contribution in [2.45, 2.75) is 33.7 Å². The van der Waals surface area contributed by atoms with E-state index in [2.05, 4.69) is 4.98 Å². The number of allylic oxidation sites excluding steroid dienone is 1. The average Bonchev–Trinajstić information content (AvgIpc) is 2.61. The number of nitrogens with zero attached hydrogens (tertiary/aromatic N) is 2. The lowest BCUT2D eigenvalue weighted by Gasteiger charge is -2.04. The third-order valence-corrected chi connectivity index (χ3v) is 2.71. The summed E-state index contributed by atoms with van der Waals surface area (Å²) in [5, 5.41) is 0. The fourth-order valence-corrected chi connectivity index (χ4v) is 1.44. The van der Waals surface area contributed by atoms with Crippen LogP contribution in [0.1, 0.15) is 24.7 Å². The lowest BCUT2D eigenvalue weighted by atomic mass is 10.2. The van der Waals surface area contributed by atoms with Crippen LogP contribution in [0.25, 0.3) is 0 Å². The van der Waals surface area contributed by atoms with E-state index in [-0.39, 0.29) is 5.97 Å². The van der Waals surface area contributed by atoms with E-state index in [0.717, 1.165) is 11.4 Å². The van der Waals surface area contributed by atoms with Gasteiger partial charge in [0.2, 0.25) is 0 Å².